The molecule has 0 aliphatic rings. The average molecular weight is 417 g/mol. The number of rotatable bonds is 7. The Morgan fingerprint density at radius 3 is 2.71 bits per heavy atom. The first-order chi connectivity index (χ1) is 13.5. The van der Waals surface area contributed by atoms with E-state index in [1.807, 2.05) is 48.7 Å². The third kappa shape index (κ3) is 4.26. The van der Waals surface area contributed by atoms with E-state index in [4.69, 9.17) is 4.74 Å². The number of amides is 1. The van der Waals surface area contributed by atoms with E-state index in [9.17, 15) is 9.59 Å². The summed E-state index contributed by atoms with van der Waals surface area (Å²) in [4.78, 5) is 25.6. The molecule has 0 aliphatic heterocycles. The predicted octanol–water partition coefficient (Wildman–Crippen LogP) is 3.72. The molecule has 146 valence electrons. The summed E-state index contributed by atoms with van der Waals surface area (Å²) in [7, 11) is 1.34. The molecule has 0 saturated carbocycles. The number of esters is 1. The van der Waals surface area contributed by atoms with Crippen LogP contribution in [0.1, 0.15) is 27.7 Å². The van der Waals surface area contributed by atoms with Crippen molar-refractivity contribution in [2.45, 2.75) is 25.4 Å². The highest BCUT2D eigenvalue weighted by molar-refractivity contribution is 7.99. The Bertz CT molecular complexity index is 982. The number of carbonyl (C=O) groups is 2. The van der Waals surface area contributed by atoms with E-state index < -0.39 is 5.97 Å². The van der Waals surface area contributed by atoms with Crippen LogP contribution < -0.4 is 5.32 Å². The van der Waals surface area contributed by atoms with Crippen molar-refractivity contribution in [3.8, 4) is 5.69 Å². The molecule has 1 aromatic carbocycles. The fraction of sp³-hybridized carbons (Fsp3) is 0.263. The molecular weight excluding hydrogens is 396 g/mol. The normalized spacial score (nSPS) is 10.7. The second-order valence-electron chi connectivity index (χ2n) is 5.84. The van der Waals surface area contributed by atoms with Gasteiger partial charge in [0.15, 0.2) is 5.16 Å². The van der Waals surface area contributed by atoms with Gasteiger partial charge in [0, 0.05) is 10.6 Å². The number of para-hydroxylation sites is 1. The van der Waals surface area contributed by atoms with Gasteiger partial charge in [-0.15, -0.1) is 21.5 Å². The Hall–Kier alpha value is -2.65. The van der Waals surface area contributed by atoms with Gasteiger partial charge >= 0.3 is 5.97 Å². The largest absolute Gasteiger partial charge is 0.465 e. The van der Waals surface area contributed by atoms with E-state index in [0.29, 0.717) is 22.1 Å². The van der Waals surface area contributed by atoms with E-state index >= 15 is 0 Å². The van der Waals surface area contributed by atoms with Gasteiger partial charge in [-0.1, -0.05) is 36.9 Å². The molecule has 2 aromatic heterocycles. The molecule has 0 fully saturated rings. The highest BCUT2D eigenvalue weighted by Crippen LogP contribution is 2.34. The minimum absolute atomic E-state index is 0.143. The molecule has 0 aliphatic carbocycles. The molecule has 3 rings (SSSR count). The summed E-state index contributed by atoms with van der Waals surface area (Å²) in [6, 6.07) is 9.67. The summed E-state index contributed by atoms with van der Waals surface area (Å²) in [5.74, 6) is -0.514. The Morgan fingerprint density at radius 2 is 2.04 bits per heavy atom. The zero-order chi connectivity index (χ0) is 20.1. The molecule has 28 heavy (non-hydrogen) atoms. The molecule has 0 spiro atoms. The fourth-order valence-electron chi connectivity index (χ4n) is 2.79. The van der Waals surface area contributed by atoms with Gasteiger partial charge in [-0.2, -0.15) is 0 Å². The fourth-order valence-corrected chi connectivity index (χ4v) is 4.67. The topological polar surface area (TPSA) is 86.1 Å². The van der Waals surface area contributed by atoms with Gasteiger partial charge in [0.2, 0.25) is 5.91 Å². The van der Waals surface area contributed by atoms with Crippen LogP contribution in [-0.4, -0.2) is 39.5 Å². The maximum absolute atomic E-state index is 12.5. The number of thioether (sulfide) groups is 1. The molecule has 7 nitrogen and oxygen atoms in total. The molecule has 0 unspecified atom stereocenters. The summed E-state index contributed by atoms with van der Waals surface area (Å²) in [6.45, 7) is 3.90. The number of hydrogen-bond acceptors (Lipinski definition) is 7. The average Bonchev–Trinajstić information content (AvgIpc) is 3.30. The number of carbonyl (C=O) groups excluding carboxylic acids is 2. The van der Waals surface area contributed by atoms with Gasteiger partial charge in [-0.3, -0.25) is 9.36 Å². The molecule has 1 amide bonds. The first kappa shape index (κ1) is 20.1. The number of ether oxygens (including phenoxy) is 1. The number of nitrogens with one attached hydrogen (secondary N) is 1. The molecule has 2 heterocycles. The van der Waals surface area contributed by atoms with E-state index in [-0.39, 0.29) is 11.7 Å². The number of thiophene rings is 1. The maximum Gasteiger partial charge on any atom is 0.341 e. The van der Waals surface area contributed by atoms with E-state index in [2.05, 4.69) is 15.5 Å². The highest BCUT2D eigenvalue weighted by atomic mass is 32.2. The molecule has 9 heteroatoms. The zero-order valence-corrected chi connectivity index (χ0v) is 17.4. The quantitative estimate of drug-likeness (QED) is 0.467. The van der Waals surface area contributed by atoms with Gasteiger partial charge in [0.25, 0.3) is 0 Å². The summed E-state index contributed by atoms with van der Waals surface area (Å²) in [5.41, 5.74) is 2.27. The smallest absolute Gasteiger partial charge is 0.341 e. The van der Waals surface area contributed by atoms with Crippen LogP contribution in [0.25, 0.3) is 5.69 Å². The minimum atomic E-state index is -0.437. The van der Waals surface area contributed by atoms with Crippen molar-refractivity contribution in [3.63, 3.8) is 0 Å². The number of hydrogen-bond donors (Lipinski definition) is 1. The van der Waals surface area contributed by atoms with Crippen LogP contribution >= 0.6 is 23.1 Å². The summed E-state index contributed by atoms with van der Waals surface area (Å²) >= 11 is 2.66. The first-order valence-corrected chi connectivity index (χ1v) is 10.4. The molecule has 1 N–H and O–H groups in total. The number of benzene rings is 1. The highest BCUT2D eigenvalue weighted by Gasteiger charge is 2.23. The Morgan fingerprint density at radius 1 is 1.29 bits per heavy atom. The lowest BCUT2D eigenvalue weighted by Gasteiger charge is -2.08. The summed E-state index contributed by atoms with van der Waals surface area (Å²) in [6.07, 6.45) is 2.30. The van der Waals surface area contributed by atoms with E-state index in [1.54, 1.807) is 6.33 Å². The number of aryl methyl sites for hydroxylation is 1. The predicted molar refractivity (Wildman–Crippen MR) is 110 cm³/mol. The lowest BCUT2D eigenvalue weighted by Crippen LogP contribution is -2.16. The summed E-state index contributed by atoms with van der Waals surface area (Å²) < 4.78 is 6.71. The molecule has 0 atom stereocenters. The van der Waals surface area contributed by atoms with Crippen LogP contribution in [-0.2, 0) is 16.0 Å². The number of aromatic nitrogens is 3. The van der Waals surface area contributed by atoms with Crippen LogP contribution in [0.4, 0.5) is 5.00 Å². The van der Waals surface area contributed by atoms with Gasteiger partial charge in [-0.25, -0.2) is 4.79 Å². The molecular formula is C19H20N4O3S2. The van der Waals surface area contributed by atoms with Gasteiger partial charge < -0.3 is 10.1 Å². The second kappa shape index (κ2) is 9.03. The lowest BCUT2D eigenvalue weighted by molar-refractivity contribution is -0.113. The Labute approximate surface area is 171 Å². The summed E-state index contributed by atoms with van der Waals surface area (Å²) in [5, 5.41) is 12.0. The van der Waals surface area contributed by atoms with Crippen LogP contribution in [0, 0.1) is 6.92 Å². The van der Waals surface area contributed by atoms with Crippen molar-refractivity contribution < 1.29 is 14.3 Å². The van der Waals surface area contributed by atoms with Crippen molar-refractivity contribution in [3.05, 3.63) is 52.7 Å². The van der Waals surface area contributed by atoms with Crippen molar-refractivity contribution in [1.82, 2.24) is 14.8 Å². The first-order valence-electron chi connectivity index (χ1n) is 8.63. The SMILES string of the molecule is CCc1c(C)sc(NC(=O)CSc2nncn2-c2ccccc2)c1C(=O)OC. The van der Waals surface area contributed by atoms with Crippen molar-refractivity contribution in [2.75, 3.05) is 18.2 Å². The molecule has 0 bridgehead atoms. The van der Waals surface area contributed by atoms with Crippen LogP contribution in [0.3, 0.4) is 0 Å². The van der Waals surface area contributed by atoms with E-state index in [0.717, 1.165) is 16.1 Å². The zero-order valence-electron chi connectivity index (χ0n) is 15.8. The standard InChI is InChI=1S/C19H20N4O3S2/c1-4-14-12(2)28-17(16(14)18(25)26-3)21-15(24)10-27-19-22-20-11-23(19)13-8-6-5-7-9-13/h5-9,11H,4,10H2,1-3H3,(H,21,24). The third-order valence-electron chi connectivity index (χ3n) is 4.09. The van der Waals surface area contributed by atoms with Crippen molar-refractivity contribution in [1.29, 1.82) is 0 Å². The third-order valence-corrected chi connectivity index (χ3v) is 6.09. The second-order valence-corrected chi connectivity index (χ2v) is 8.01. The van der Waals surface area contributed by atoms with Gasteiger partial charge in [0.1, 0.15) is 11.3 Å². The maximum atomic E-state index is 12.5. The Balaban J connectivity index is 1.71. The molecule has 0 saturated heterocycles. The van der Waals surface area contributed by atoms with Crippen molar-refractivity contribution in [2.24, 2.45) is 0 Å². The van der Waals surface area contributed by atoms with Gasteiger partial charge in [-0.05, 0) is 31.0 Å². The van der Waals surface area contributed by atoms with Crippen LogP contribution in [0.15, 0.2) is 41.8 Å². The Kier molecular flexibility index (Phi) is 6.48. The molecule has 0 radical (unpaired) electrons. The van der Waals surface area contributed by atoms with Crippen molar-refractivity contribution >= 4 is 40.0 Å². The van der Waals surface area contributed by atoms with Gasteiger partial charge in [0.05, 0.1) is 18.4 Å². The van der Waals surface area contributed by atoms with E-state index in [1.165, 1.54) is 30.2 Å². The van der Waals surface area contributed by atoms with Crippen LogP contribution in [0.5, 0.6) is 0 Å². The number of anilines is 1. The van der Waals surface area contributed by atoms with Crippen LogP contribution in [0.2, 0.25) is 0 Å². The number of nitrogens with zero attached hydrogens (tertiary/aromatic N) is 3. The molecule has 3 aromatic rings. The lowest BCUT2D eigenvalue weighted by atomic mass is 10.1. The number of methoxy groups -OCH3 is 1. The minimum Gasteiger partial charge on any atom is -0.465 e. The monoisotopic (exact) mass is 416 g/mol.